The number of halogens is 1. The van der Waals surface area contributed by atoms with Crippen LogP contribution >= 0.6 is 23.1 Å². The molecule has 1 amide bonds. The van der Waals surface area contributed by atoms with Crippen LogP contribution in [0.1, 0.15) is 31.3 Å². The number of carbonyl (C=O) groups is 1. The van der Waals surface area contributed by atoms with E-state index in [1.807, 2.05) is 31.4 Å². The van der Waals surface area contributed by atoms with E-state index in [9.17, 15) is 9.18 Å². The second-order valence-electron chi connectivity index (χ2n) is 7.23. The van der Waals surface area contributed by atoms with Crippen molar-refractivity contribution in [1.29, 1.82) is 0 Å². The minimum absolute atomic E-state index is 0.143. The lowest BCUT2D eigenvalue weighted by molar-refractivity contribution is -0.115. The van der Waals surface area contributed by atoms with E-state index in [1.165, 1.54) is 35.2 Å². The molecular weight excluding hydrogens is 409 g/mol. The summed E-state index contributed by atoms with van der Waals surface area (Å²) < 4.78 is 15.6. The molecule has 0 bridgehead atoms. The molecule has 0 saturated carbocycles. The number of nitrogens with zero attached hydrogens (tertiary/aromatic N) is 4. The summed E-state index contributed by atoms with van der Waals surface area (Å²) in [4.78, 5) is 18.1. The van der Waals surface area contributed by atoms with Crippen molar-refractivity contribution in [2.24, 2.45) is 5.92 Å². The fourth-order valence-corrected chi connectivity index (χ4v) is 4.37. The van der Waals surface area contributed by atoms with Gasteiger partial charge in [-0.2, -0.15) is 0 Å². The molecule has 0 aliphatic heterocycles. The molecule has 0 spiro atoms. The van der Waals surface area contributed by atoms with Crippen molar-refractivity contribution >= 4 is 34.1 Å². The Morgan fingerprint density at radius 3 is 2.66 bits per heavy atom. The van der Waals surface area contributed by atoms with Crippen molar-refractivity contribution in [2.75, 3.05) is 5.32 Å². The monoisotopic (exact) mass is 433 g/mol. The Kier molecular flexibility index (Phi) is 6.69. The van der Waals surface area contributed by atoms with Gasteiger partial charge >= 0.3 is 0 Å². The number of rotatable bonds is 7. The Morgan fingerprint density at radius 1 is 1.28 bits per heavy atom. The summed E-state index contributed by atoms with van der Waals surface area (Å²) in [6, 6.07) is 6.30. The molecule has 0 aliphatic rings. The Balaban J connectivity index is 1.81. The zero-order valence-electron chi connectivity index (χ0n) is 17.1. The highest BCUT2D eigenvalue weighted by atomic mass is 32.2. The number of hydrogen-bond donors (Lipinski definition) is 1. The van der Waals surface area contributed by atoms with Crippen LogP contribution in [-0.4, -0.2) is 30.9 Å². The van der Waals surface area contributed by atoms with Crippen LogP contribution in [0.3, 0.4) is 0 Å². The molecule has 1 aromatic carbocycles. The quantitative estimate of drug-likeness (QED) is 0.535. The van der Waals surface area contributed by atoms with E-state index in [-0.39, 0.29) is 11.7 Å². The fourth-order valence-electron chi connectivity index (χ4n) is 2.69. The van der Waals surface area contributed by atoms with Crippen molar-refractivity contribution in [3.8, 4) is 11.4 Å². The van der Waals surface area contributed by atoms with Gasteiger partial charge in [-0.3, -0.25) is 4.79 Å². The highest BCUT2D eigenvalue weighted by molar-refractivity contribution is 8.00. The lowest BCUT2D eigenvalue weighted by atomic mass is 10.2. The SMILES string of the molecule is Cc1nc(NC(=O)C(C)Sc2nnc(-c3cccc(F)c3)n2CC(C)C)sc1C. The van der Waals surface area contributed by atoms with E-state index < -0.39 is 5.25 Å². The van der Waals surface area contributed by atoms with Gasteiger partial charge in [-0.25, -0.2) is 9.37 Å². The summed E-state index contributed by atoms with van der Waals surface area (Å²) >= 11 is 2.79. The molecule has 1 unspecified atom stereocenters. The molecule has 0 fully saturated rings. The number of aromatic nitrogens is 4. The van der Waals surface area contributed by atoms with Gasteiger partial charge in [0.2, 0.25) is 5.91 Å². The van der Waals surface area contributed by atoms with Crippen LogP contribution in [0.5, 0.6) is 0 Å². The predicted octanol–water partition coefficient (Wildman–Crippen LogP) is 4.93. The number of thioether (sulfide) groups is 1. The smallest absolute Gasteiger partial charge is 0.239 e. The average molecular weight is 434 g/mol. The first-order chi connectivity index (χ1) is 13.7. The van der Waals surface area contributed by atoms with Gasteiger partial charge in [0, 0.05) is 17.0 Å². The maximum Gasteiger partial charge on any atom is 0.239 e. The van der Waals surface area contributed by atoms with Gasteiger partial charge in [0.1, 0.15) is 5.82 Å². The summed E-state index contributed by atoms with van der Waals surface area (Å²) in [5.41, 5.74) is 1.58. The number of benzene rings is 1. The van der Waals surface area contributed by atoms with Crippen LogP contribution in [0.25, 0.3) is 11.4 Å². The molecule has 1 atom stereocenters. The number of anilines is 1. The molecule has 0 aliphatic carbocycles. The van der Waals surface area contributed by atoms with Crippen molar-refractivity contribution in [1.82, 2.24) is 19.7 Å². The molecule has 154 valence electrons. The lowest BCUT2D eigenvalue weighted by Gasteiger charge is -2.14. The van der Waals surface area contributed by atoms with E-state index in [2.05, 4.69) is 34.3 Å². The molecule has 0 saturated heterocycles. The number of aryl methyl sites for hydroxylation is 2. The van der Waals surface area contributed by atoms with E-state index in [4.69, 9.17) is 0 Å². The van der Waals surface area contributed by atoms with E-state index >= 15 is 0 Å². The minimum atomic E-state index is -0.394. The standard InChI is InChI=1S/C20H24FN5OS2/c1-11(2)10-26-17(15-7-6-8-16(21)9-15)24-25-20(26)29-14(5)18(27)23-19-22-12(3)13(4)28-19/h6-9,11,14H,10H2,1-5H3,(H,22,23,27). The first kappa shape index (κ1) is 21.4. The Labute approximate surface area is 178 Å². The Bertz CT molecular complexity index is 995. The first-order valence-electron chi connectivity index (χ1n) is 9.35. The summed E-state index contributed by atoms with van der Waals surface area (Å²) in [6.07, 6.45) is 0. The van der Waals surface area contributed by atoms with Crippen molar-refractivity contribution < 1.29 is 9.18 Å². The van der Waals surface area contributed by atoms with Gasteiger partial charge in [-0.05, 0) is 38.8 Å². The van der Waals surface area contributed by atoms with Gasteiger partial charge in [0.15, 0.2) is 16.1 Å². The maximum atomic E-state index is 13.7. The van der Waals surface area contributed by atoms with E-state index in [1.54, 1.807) is 6.07 Å². The maximum absolute atomic E-state index is 13.7. The normalized spacial score (nSPS) is 12.4. The summed E-state index contributed by atoms with van der Waals surface area (Å²) in [7, 11) is 0. The Hall–Kier alpha value is -2.26. The molecule has 29 heavy (non-hydrogen) atoms. The van der Waals surface area contributed by atoms with Crippen LogP contribution in [-0.2, 0) is 11.3 Å². The van der Waals surface area contributed by atoms with Gasteiger partial charge < -0.3 is 9.88 Å². The fraction of sp³-hybridized carbons (Fsp3) is 0.400. The third-order valence-corrected chi connectivity index (χ3v) is 6.33. The van der Waals surface area contributed by atoms with Gasteiger partial charge in [-0.1, -0.05) is 37.7 Å². The minimum Gasteiger partial charge on any atom is -0.302 e. The van der Waals surface area contributed by atoms with Gasteiger partial charge in [0.25, 0.3) is 0 Å². The topological polar surface area (TPSA) is 72.7 Å². The van der Waals surface area contributed by atoms with Crippen molar-refractivity contribution in [3.05, 3.63) is 40.7 Å². The number of thiazole rings is 1. The second-order valence-corrected chi connectivity index (χ2v) is 9.74. The van der Waals surface area contributed by atoms with Gasteiger partial charge in [0.05, 0.1) is 10.9 Å². The highest BCUT2D eigenvalue weighted by Gasteiger charge is 2.22. The number of amides is 1. The Morgan fingerprint density at radius 2 is 2.03 bits per heavy atom. The number of hydrogen-bond acceptors (Lipinski definition) is 6. The van der Waals surface area contributed by atoms with Crippen LogP contribution < -0.4 is 5.32 Å². The third-order valence-electron chi connectivity index (χ3n) is 4.26. The summed E-state index contributed by atoms with van der Waals surface area (Å²) in [5, 5.41) is 12.3. The average Bonchev–Trinajstić information content (AvgIpc) is 3.17. The molecule has 6 nitrogen and oxygen atoms in total. The summed E-state index contributed by atoms with van der Waals surface area (Å²) in [5.74, 6) is 0.468. The highest BCUT2D eigenvalue weighted by Crippen LogP contribution is 2.29. The third kappa shape index (κ3) is 5.22. The zero-order valence-corrected chi connectivity index (χ0v) is 18.7. The molecule has 3 rings (SSSR count). The van der Waals surface area contributed by atoms with Crippen LogP contribution in [0.4, 0.5) is 9.52 Å². The van der Waals surface area contributed by atoms with Crippen LogP contribution in [0.2, 0.25) is 0 Å². The van der Waals surface area contributed by atoms with E-state index in [0.29, 0.717) is 34.1 Å². The number of carbonyl (C=O) groups excluding carboxylic acids is 1. The zero-order chi connectivity index (χ0) is 21.1. The molecule has 3 aromatic rings. The molecular formula is C20H24FN5OS2. The van der Waals surface area contributed by atoms with Crippen LogP contribution in [0.15, 0.2) is 29.4 Å². The largest absolute Gasteiger partial charge is 0.302 e. The predicted molar refractivity (Wildman–Crippen MR) is 116 cm³/mol. The van der Waals surface area contributed by atoms with Crippen molar-refractivity contribution in [2.45, 2.75) is 51.6 Å². The van der Waals surface area contributed by atoms with Crippen LogP contribution in [0, 0.1) is 25.6 Å². The first-order valence-corrected chi connectivity index (χ1v) is 11.0. The molecule has 2 heterocycles. The van der Waals surface area contributed by atoms with E-state index in [0.717, 1.165) is 10.6 Å². The molecule has 9 heteroatoms. The van der Waals surface area contributed by atoms with Gasteiger partial charge in [-0.15, -0.1) is 21.5 Å². The summed E-state index contributed by atoms with van der Waals surface area (Å²) in [6.45, 7) is 10.6. The molecule has 0 radical (unpaired) electrons. The second kappa shape index (κ2) is 9.04. The molecule has 1 N–H and O–H groups in total. The molecule has 2 aromatic heterocycles. The lowest BCUT2D eigenvalue weighted by Crippen LogP contribution is -2.23. The van der Waals surface area contributed by atoms with Crippen molar-refractivity contribution in [3.63, 3.8) is 0 Å². The number of nitrogens with one attached hydrogen (secondary N) is 1.